The van der Waals surface area contributed by atoms with Gasteiger partial charge in [-0.1, -0.05) is 34.4 Å². The topological polar surface area (TPSA) is 77.4 Å². The number of rotatable bonds is 9. The van der Waals surface area contributed by atoms with Gasteiger partial charge in [-0.05, 0) is 44.4 Å². The van der Waals surface area contributed by atoms with E-state index in [1.165, 1.54) is 6.92 Å². The second kappa shape index (κ2) is 8.39. The van der Waals surface area contributed by atoms with Gasteiger partial charge in [-0.15, -0.1) is 0 Å². The Morgan fingerprint density at radius 2 is 2.23 bits per heavy atom. The molecule has 6 nitrogen and oxygen atoms in total. The normalized spacial score (nSPS) is 23.3. The molecule has 0 saturated heterocycles. The molecular weight excluding hydrogens is 402 g/mol. The number of carboxylic acid groups (broad SMARTS) is 1. The van der Waals surface area contributed by atoms with E-state index in [1.807, 2.05) is 12.1 Å². The molecule has 1 fully saturated rings. The van der Waals surface area contributed by atoms with Crippen LogP contribution in [-0.4, -0.2) is 41.7 Å². The average molecular weight is 426 g/mol. The summed E-state index contributed by atoms with van der Waals surface area (Å²) in [7, 11) is 0. The van der Waals surface area contributed by atoms with Crippen LogP contribution in [0.2, 0.25) is 0 Å². The highest BCUT2D eigenvalue weighted by molar-refractivity contribution is 9.10. The highest BCUT2D eigenvalue weighted by Crippen LogP contribution is 2.41. The smallest absolute Gasteiger partial charge is 0.344 e. The van der Waals surface area contributed by atoms with Crippen molar-refractivity contribution in [3.8, 4) is 5.75 Å². The summed E-state index contributed by atoms with van der Waals surface area (Å²) in [4.78, 5) is 16.9. The first-order valence-electron chi connectivity index (χ1n) is 9.06. The predicted molar refractivity (Wildman–Crippen MR) is 101 cm³/mol. The van der Waals surface area contributed by atoms with Crippen LogP contribution in [0.15, 0.2) is 27.8 Å². The average Bonchev–Trinajstić information content (AvgIpc) is 3.37. The molecule has 0 aromatic heterocycles. The Balaban J connectivity index is 1.87. The Hall–Kier alpha value is -1.60. The highest BCUT2D eigenvalue weighted by atomic mass is 79.9. The third kappa shape index (κ3) is 4.38. The molecule has 0 bridgehead atoms. The number of ether oxygens (including phenoxy) is 2. The lowest BCUT2D eigenvalue weighted by atomic mass is 9.98. The van der Waals surface area contributed by atoms with Gasteiger partial charge >= 0.3 is 5.97 Å². The van der Waals surface area contributed by atoms with Crippen LogP contribution in [0.25, 0.3) is 0 Å². The van der Waals surface area contributed by atoms with Gasteiger partial charge in [0.1, 0.15) is 17.6 Å². The summed E-state index contributed by atoms with van der Waals surface area (Å²) in [6.07, 6.45) is 2.97. The van der Waals surface area contributed by atoms with Gasteiger partial charge in [0, 0.05) is 22.6 Å². The Kier molecular flexibility index (Phi) is 6.19. The van der Waals surface area contributed by atoms with E-state index in [1.54, 1.807) is 6.07 Å². The standard InChI is InChI=1S/C19H24BrNO5/c1-3-4-9-24-18-16(21-26-17(18)12-5-6-12)14-10-13(20)7-8-15(14)25-11(2)19(22)23/h7-8,10-12,17-18H,3-6,9H2,1-2H3,(H,22,23). The minimum absolute atomic E-state index is 0.0782. The van der Waals surface area contributed by atoms with E-state index < -0.39 is 12.1 Å². The molecule has 0 radical (unpaired) electrons. The van der Waals surface area contributed by atoms with E-state index in [2.05, 4.69) is 28.0 Å². The van der Waals surface area contributed by atoms with Crippen molar-refractivity contribution in [1.82, 2.24) is 0 Å². The van der Waals surface area contributed by atoms with Gasteiger partial charge in [-0.25, -0.2) is 4.79 Å². The van der Waals surface area contributed by atoms with Gasteiger partial charge in [0.15, 0.2) is 12.2 Å². The summed E-state index contributed by atoms with van der Waals surface area (Å²) in [6.45, 7) is 4.27. The van der Waals surface area contributed by atoms with E-state index >= 15 is 0 Å². The first-order valence-corrected chi connectivity index (χ1v) is 9.85. The first-order chi connectivity index (χ1) is 12.5. The molecule has 3 unspecified atom stereocenters. The molecule has 1 saturated carbocycles. The zero-order chi connectivity index (χ0) is 18.7. The SMILES string of the molecule is CCCCOC1C(c2cc(Br)ccc2OC(C)C(=O)O)=NOC1C1CC1. The van der Waals surface area contributed by atoms with E-state index in [-0.39, 0.29) is 12.2 Å². The van der Waals surface area contributed by atoms with Crippen LogP contribution in [0.5, 0.6) is 5.75 Å². The lowest BCUT2D eigenvalue weighted by molar-refractivity contribution is -0.144. The molecular formula is C19H24BrNO5. The molecule has 1 aromatic carbocycles. The minimum Gasteiger partial charge on any atom is -0.479 e. The quantitative estimate of drug-likeness (QED) is 0.604. The Bertz CT molecular complexity index is 689. The summed E-state index contributed by atoms with van der Waals surface area (Å²) in [5.41, 5.74) is 1.38. The minimum atomic E-state index is -1.02. The van der Waals surface area contributed by atoms with Crippen LogP contribution in [0.4, 0.5) is 0 Å². The maximum atomic E-state index is 11.2. The zero-order valence-electron chi connectivity index (χ0n) is 15.0. The Morgan fingerprint density at radius 3 is 2.88 bits per heavy atom. The van der Waals surface area contributed by atoms with Crippen molar-refractivity contribution in [1.29, 1.82) is 0 Å². The van der Waals surface area contributed by atoms with Crippen molar-refractivity contribution in [2.24, 2.45) is 11.1 Å². The number of carboxylic acids is 1. The first kappa shape index (κ1) is 19.2. The van der Waals surface area contributed by atoms with Crippen molar-refractivity contribution in [3.63, 3.8) is 0 Å². The second-order valence-electron chi connectivity index (χ2n) is 6.77. The van der Waals surface area contributed by atoms with Crippen LogP contribution in [0, 0.1) is 5.92 Å². The third-order valence-electron chi connectivity index (χ3n) is 4.59. The summed E-state index contributed by atoms with van der Waals surface area (Å²) < 4.78 is 12.6. The molecule has 1 aliphatic heterocycles. The van der Waals surface area contributed by atoms with E-state index in [9.17, 15) is 4.79 Å². The van der Waals surface area contributed by atoms with Crippen LogP contribution in [0.1, 0.15) is 45.1 Å². The van der Waals surface area contributed by atoms with Gasteiger partial charge in [0.25, 0.3) is 0 Å². The summed E-state index contributed by atoms with van der Waals surface area (Å²) in [5.74, 6) is -0.0848. The van der Waals surface area contributed by atoms with E-state index in [0.29, 0.717) is 29.5 Å². The number of nitrogens with zero attached hydrogens (tertiary/aromatic N) is 1. The fourth-order valence-electron chi connectivity index (χ4n) is 2.92. The van der Waals surface area contributed by atoms with E-state index in [0.717, 1.165) is 30.2 Å². The van der Waals surface area contributed by atoms with Gasteiger partial charge in [-0.3, -0.25) is 0 Å². The van der Waals surface area contributed by atoms with Crippen LogP contribution < -0.4 is 4.74 Å². The van der Waals surface area contributed by atoms with Crippen LogP contribution in [-0.2, 0) is 14.4 Å². The van der Waals surface area contributed by atoms with Gasteiger partial charge in [-0.2, -0.15) is 0 Å². The molecule has 3 atom stereocenters. The number of hydrogen-bond acceptors (Lipinski definition) is 5. The maximum Gasteiger partial charge on any atom is 0.344 e. The molecule has 1 aliphatic carbocycles. The summed E-state index contributed by atoms with van der Waals surface area (Å²) in [5, 5.41) is 13.5. The van der Waals surface area contributed by atoms with Gasteiger partial charge in [0.05, 0.1) is 0 Å². The van der Waals surface area contributed by atoms with E-state index in [4.69, 9.17) is 19.4 Å². The second-order valence-corrected chi connectivity index (χ2v) is 7.68. The number of halogens is 1. The zero-order valence-corrected chi connectivity index (χ0v) is 16.6. The highest BCUT2D eigenvalue weighted by Gasteiger charge is 2.46. The Morgan fingerprint density at radius 1 is 1.46 bits per heavy atom. The fourth-order valence-corrected chi connectivity index (χ4v) is 3.28. The largest absolute Gasteiger partial charge is 0.479 e. The van der Waals surface area contributed by atoms with Crippen LogP contribution >= 0.6 is 15.9 Å². The lowest BCUT2D eigenvalue weighted by Crippen LogP contribution is -2.35. The number of carbonyl (C=O) groups is 1. The van der Waals surface area contributed by atoms with Gasteiger partial charge in [0.2, 0.25) is 0 Å². The summed E-state index contributed by atoms with van der Waals surface area (Å²) in [6, 6.07) is 5.43. The van der Waals surface area contributed by atoms with Crippen molar-refractivity contribution in [3.05, 3.63) is 28.2 Å². The maximum absolute atomic E-state index is 11.2. The molecule has 0 spiro atoms. The van der Waals surface area contributed by atoms with Crippen molar-refractivity contribution in [2.45, 2.75) is 57.8 Å². The number of unbranched alkanes of at least 4 members (excludes halogenated alkanes) is 1. The lowest BCUT2D eigenvalue weighted by Gasteiger charge is -2.21. The predicted octanol–water partition coefficient (Wildman–Crippen LogP) is 4.00. The fraction of sp³-hybridized carbons (Fsp3) is 0.579. The molecule has 0 amide bonds. The molecule has 1 N–H and O–H groups in total. The summed E-state index contributed by atoms with van der Waals surface area (Å²) >= 11 is 3.47. The number of hydrogen-bond donors (Lipinski definition) is 1. The molecule has 1 heterocycles. The van der Waals surface area contributed by atoms with Crippen molar-refractivity contribution >= 4 is 27.6 Å². The molecule has 142 valence electrons. The molecule has 1 aromatic rings. The molecule has 2 aliphatic rings. The number of aliphatic carboxylic acids is 1. The van der Waals surface area contributed by atoms with Crippen LogP contribution in [0.3, 0.4) is 0 Å². The molecule has 3 rings (SSSR count). The van der Waals surface area contributed by atoms with Gasteiger partial charge < -0.3 is 19.4 Å². The van der Waals surface area contributed by atoms with Crippen molar-refractivity contribution in [2.75, 3.05) is 6.61 Å². The molecule has 26 heavy (non-hydrogen) atoms. The third-order valence-corrected chi connectivity index (χ3v) is 5.08. The Labute approximate surface area is 161 Å². The number of benzene rings is 1. The molecule has 7 heteroatoms. The number of oxime groups is 1. The monoisotopic (exact) mass is 425 g/mol. The van der Waals surface area contributed by atoms with Crippen molar-refractivity contribution < 1.29 is 24.2 Å².